The Balaban J connectivity index is 0. The number of carbonyl (C=O) groups excluding carboxylic acids is 1. The first-order valence-corrected chi connectivity index (χ1v) is 12.5. The van der Waals surface area contributed by atoms with Crippen LogP contribution in [0.5, 0.6) is 0 Å². The average Bonchev–Trinajstić information content (AvgIpc) is 2.67. The summed E-state index contributed by atoms with van der Waals surface area (Å²) in [6.07, 6.45) is 18.9. The molecule has 0 fully saturated rings. The van der Waals surface area contributed by atoms with E-state index in [0.717, 1.165) is 38.5 Å². The van der Waals surface area contributed by atoms with Gasteiger partial charge in [0.15, 0.2) is 0 Å². The molecule has 0 spiro atoms. The first-order valence-electron chi connectivity index (χ1n) is 11.0. The Hall–Kier alpha value is 0.280. The Morgan fingerprint density at radius 2 is 1.43 bits per heavy atom. The molecular weight excluding hydrogens is 418 g/mol. The fraction of sp³-hybridized carbons (Fsp3) is 0.857. The van der Waals surface area contributed by atoms with Crippen LogP contribution in [-0.2, 0) is 18.6 Å². The normalized spacial score (nSPS) is 14.3. The number of aliphatic hydroxyl groups is 1. The molecule has 0 aliphatic heterocycles. The Morgan fingerprint density at radius 1 is 0.933 bits per heavy atom. The second-order valence-corrected chi connectivity index (χ2v) is 8.63. The molecule has 0 bridgehead atoms. The van der Waals surface area contributed by atoms with Gasteiger partial charge in [-0.25, -0.2) is 0 Å². The molecule has 2 N–H and O–H groups in total. The van der Waals surface area contributed by atoms with Crippen LogP contribution in [0.15, 0.2) is 12.2 Å². The summed E-state index contributed by atoms with van der Waals surface area (Å²) in [5, 5.41) is 9.39. The van der Waals surface area contributed by atoms with Crippen LogP contribution in [0.3, 0.4) is 0 Å². The number of hydrogen-bond acceptors (Lipinski definition) is 6. The molecule has 0 aromatic carbocycles. The van der Waals surface area contributed by atoms with Crippen molar-refractivity contribution in [2.45, 2.75) is 103 Å². The van der Waals surface area contributed by atoms with E-state index < -0.39 is 26.5 Å². The van der Waals surface area contributed by atoms with Gasteiger partial charge in [0.1, 0.15) is 12.7 Å². The molecule has 0 rings (SSSR count). The van der Waals surface area contributed by atoms with E-state index in [4.69, 9.17) is 9.63 Å². The van der Waals surface area contributed by atoms with Crippen LogP contribution < -0.4 is 34.5 Å². The molecule has 30 heavy (non-hydrogen) atoms. The topological polar surface area (TPSA) is 116 Å². The molecule has 0 aromatic heterocycles. The maximum absolute atomic E-state index is 11.5. The van der Waals surface area contributed by atoms with Gasteiger partial charge in [0, 0.05) is 6.42 Å². The summed E-state index contributed by atoms with van der Waals surface area (Å²) in [7, 11) is -4.87. The van der Waals surface area contributed by atoms with Gasteiger partial charge in [-0.3, -0.25) is 9.36 Å². The molecule has 172 valence electrons. The van der Waals surface area contributed by atoms with E-state index in [1.807, 2.05) is 0 Å². The number of aliphatic hydroxyl groups excluding tert-OH is 1. The second-order valence-electron chi connectivity index (χ2n) is 7.44. The van der Waals surface area contributed by atoms with Crippen molar-refractivity contribution in [2.75, 3.05) is 13.2 Å². The SMILES string of the molecule is CCCCCCCCC=CCCCCCCCC(=O)OC[C@@H](O)COP(=O)([O-])O.[Na+]. The van der Waals surface area contributed by atoms with E-state index in [1.54, 1.807) is 0 Å². The summed E-state index contributed by atoms with van der Waals surface area (Å²) in [6, 6.07) is 0. The number of ether oxygens (including phenoxy) is 1. The Bertz CT molecular complexity index is 468. The third-order valence-electron chi connectivity index (χ3n) is 4.51. The zero-order valence-electron chi connectivity index (χ0n) is 18.9. The number of unbranched alkanes of at least 4 members (excludes halogenated alkanes) is 11. The predicted octanol–water partition coefficient (Wildman–Crippen LogP) is 1.41. The van der Waals surface area contributed by atoms with E-state index in [-0.39, 0.29) is 42.6 Å². The number of rotatable bonds is 20. The fourth-order valence-electron chi connectivity index (χ4n) is 2.83. The van der Waals surface area contributed by atoms with Gasteiger partial charge < -0.3 is 24.2 Å². The molecule has 2 atom stereocenters. The molecule has 1 unspecified atom stereocenters. The van der Waals surface area contributed by atoms with Gasteiger partial charge in [-0.1, -0.05) is 70.4 Å². The molecule has 9 heteroatoms. The van der Waals surface area contributed by atoms with E-state index in [0.29, 0.717) is 0 Å². The summed E-state index contributed by atoms with van der Waals surface area (Å²) in [6.45, 7) is 1.24. The molecule has 0 saturated carbocycles. The number of carbonyl (C=O) groups is 1. The third-order valence-corrected chi connectivity index (χ3v) is 4.98. The maximum Gasteiger partial charge on any atom is 1.00 e. The minimum absolute atomic E-state index is 0. The van der Waals surface area contributed by atoms with Crippen LogP contribution in [0, 0.1) is 0 Å². The number of phosphoric ester groups is 1. The minimum atomic E-state index is -4.87. The number of allylic oxidation sites excluding steroid dienone is 2. The predicted molar refractivity (Wildman–Crippen MR) is 112 cm³/mol. The number of phosphoric acid groups is 1. The average molecular weight is 459 g/mol. The second kappa shape index (κ2) is 22.5. The van der Waals surface area contributed by atoms with Crippen molar-refractivity contribution in [3.8, 4) is 0 Å². The van der Waals surface area contributed by atoms with E-state index in [9.17, 15) is 19.4 Å². The maximum atomic E-state index is 11.5. The molecule has 0 aliphatic rings. The standard InChI is InChI=1S/C21H41O7P.Na/c1-2-3-4-5-6-7-8-9-10-11-12-13-14-15-16-17-21(23)27-18-20(22)19-28-29(24,25)26;/h9-10,20,22H,2-8,11-19H2,1H3,(H2,24,25,26);/q;+1/p-1/t20-;/m1./s1. The summed E-state index contributed by atoms with van der Waals surface area (Å²) < 4.78 is 19.2. The Morgan fingerprint density at radius 3 is 1.97 bits per heavy atom. The van der Waals surface area contributed by atoms with Crippen LogP contribution in [0.1, 0.15) is 96.8 Å². The monoisotopic (exact) mass is 458 g/mol. The quantitative estimate of drug-likeness (QED) is 0.0932. The molecule has 0 amide bonds. The zero-order valence-corrected chi connectivity index (χ0v) is 21.8. The van der Waals surface area contributed by atoms with Crippen molar-refractivity contribution in [2.24, 2.45) is 0 Å². The molecule has 0 heterocycles. The van der Waals surface area contributed by atoms with E-state index in [2.05, 4.69) is 23.6 Å². The van der Waals surface area contributed by atoms with Crippen LogP contribution in [0.2, 0.25) is 0 Å². The first-order chi connectivity index (χ1) is 13.8. The number of hydrogen-bond donors (Lipinski definition) is 2. The van der Waals surface area contributed by atoms with Crippen LogP contribution >= 0.6 is 7.82 Å². The van der Waals surface area contributed by atoms with Crippen molar-refractivity contribution in [3.63, 3.8) is 0 Å². The van der Waals surface area contributed by atoms with Gasteiger partial charge in [-0.2, -0.15) is 0 Å². The van der Waals surface area contributed by atoms with Gasteiger partial charge in [0.2, 0.25) is 0 Å². The van der Waals surface area contributed by atoms with Crippen LogP contribution in [0.4, 0.5) is 0 Å². The summed E-state index contributed by atoms with van der Waals surface area (Å²) in [4.78, 5) is 30.3. The summed E-state index contributed by atoms with van der Waals surface area (Å²) >= 11 is 0. The van der Waals surface area contributed by atoms with Gasteiger partial charge in [0.25, 0.3) is 7.82 Å². The molecular formula is C21H40NaO7P. The molecule has 7 nitrogen and oxygen atoms in total. The summed E-state index contributed by atoms with van der Waals surface area (Å²) in [5.74, 6) is -0.434. The van der Waals surface area contributed by atoms with Gasteiger partial charge in [-0.05, 0) is 32.1 Å². The summed E-state index contributed by atoms with van der Waals surface area (Å²) in [5.41, 5.74) is 0. The van der Waals surface area contributed by atoms with Gasteiger partial charge in [-0.15, -0.1) is 0 Å². The van der Waals surface area contributed by atoms with E-state index >= 15 is 0 Å². The van der Waals surface area contributed by atoms with Crippen LogP contribution in [-0.4, -0.2) is 35.3 Å². The molecule has 0 aliphatic carbocycles. The first kappa shape index (κ1) is 32.5. The Labute approximate surface area is 204 Å². The van der Waals surface area contributed by atoms with E-state index in [1.165, 1.54) is 44.9 Å². The van der Waals surface area contributed by atoms with Gasteiger partial charge >= 0.3 is 35.5 Å². The number of esters is 1. The molecule has 0 saturated heterocycles. The van der Waals surface area contributed by atoms with Crippen molar-refractivity contribution in [1.29, 1.82) is 0 Å². The third kappa shape index (κ3) is 26.3. The largest absolute Gasteiger partial charge is 1.00 e. The molecule has 0 aromatic rings. The van der Waals surface area contributed by atoms with Crippen LogP contribution in [0.25, 0.3) is 0 Å². The fourth-order valence-corrected chi connectivity index (χ4v) is 3.19. The van der Waals surface area contributed by atoms with Crippen molar-refractivity contribution in [3.05, 3.63) is 12.2 Å². The van der Waals surface area contributed by atoms with Crippen molar-refractivity contribution in [1.82, 2.24) is 0 Å². The van der Waals surface area contributed by atoms with Crippen molar-refractivity contribution >= 4 is 13.8 Å². The Kier molecular flexibility index (Phi) is 24.3. The van der Waals surface area contributed by atoms with Crippen molar-refractivity contribution < 1.29 is 63.1 Å². The smallest absolute Gasteiger partial charge is 0.756 e. The molecule has 0 radical (unpaired) electrons. The van der Waals surface area contributed by atoms with Gasteiger partial charge in [0.05, 0.1) is 6.61 Å². The zero-order chi connectivity index (χ0) is 21.8. The minimum Gasteiger partial charge on any atom is -0.756 e.